The van der Waals surface area contributed by atoms with E-state index in [0.29, 0.717) is 0 Å². The molecule has 0 aromatic rings. The van der Waals surface area contributed by atoms with Crippen LogP contribution in [0.1, 0.15) is 13.8 Å². The van der Waals surface area contributed by atoms with E-state index in [2.05, 4.69) is 16.7 Å². The van der Waals surface area contributed by atoms with E-state index in [9.17, 15) is 0 Å². The van der Waals surface area contributed by atoms with Crippen molar-refractivity contribution >= 4 is 23.2 Å². The van der Waals surface area contributed by atoms with Gasteiger partial charge < -0.3 is 0 Å². The molecule has 0 aromatic heterocycles. The molecule has 0 amide bonds. The van der Waals surface area contributed by atoms with E-state index in [1.54, 1.807) is 0 Å². The molecule has 3 heteroatoms. The van der Waals surface area contributed by atoms with Crippen LogP contribution in [0.4, 0.5) is 0 Å². The van der Waals surface area contributed by atoms with E-state index in [0.717, 1.165) is 7.96 Å². The first-order valence-electron chi connectivity index (χ1n) is 2.65. The van der Waals surface area contributed by atoms with Crippen molar-refractivity contribution in [1.82, 2.24) is 0 Å². The molecule has 0 aliphatic heterocycles. The SMILES string of the molecule is C[CH2][Tl]([CH2]C)[O]O. The van der Waals surface area contributed by atoms with Gasteiger partial charge in [-0.15, -0.1) is 0 Å². The Balaban J connectivity index is 2.99. The van der Waals surface area contributed by atoms with Gasteiger partial charge in [-0.3, -0.25) is 0 Å². The van der Waals surface area contributed by atoms with E-state index < -0.39 is 23.2 Å². The fourth-order valence-electron chi connectivity index (χ4n) is 0.438. The van der Waals surface area contributed by atoms with Crippen LogP contribution in [-0.2, 0) is 2.84 Å². The van der Waals surface area contributed by atoms with Crippen LogP contribution in [0.3, 0.4) is 0 Å². The summed E-state index contributed by atoms with van der Waals surface area (Å²) in [6.45, 7) is 4.15. The molecule has 1 N–H and O–H groups in total. The summed E-state index contributed by atoms with van der Waals surface area (Å²) in [4.78, 5) is 0. The first-order valence-corrected chi connectivity index (χ1v) is 10.8. The second kappa shape index (κ2) is 4.99. The fourth-order valence-corrected chi connectivity index (χ4v) is 3.84. The molecule has 0 unspecified atom stereocenters. The molecular formula is C4H11O2Tl. The Morgan fingerprint density at radius 1 is 1.43 bits per heavy atom. The van der Waals surface area contributed by atoms with Gasteiger partial charge in [0.1, 0.15) is 0 Å². The third-order valence-corrected chi connectivity index (χ3v) is 9.30. The summed E-state index contributed by atoms with van der Waals surface area (Å²) in [5, 5.41) is 8.12. The van der Waals surface area contributed by atoms with Crippen LogP contribution < -0.4 is 0 Å². The van der Waals surface area contributed by atoms with Crippen molar-refractivity contribution in [1.29, 1.82) is 0 Å². The second-order valence-corrected chi connectivity index (χ2v) is 13.5. The van der Waals surface area contributed by atoms with E-state index in [1.165, 1.54) is 0 Å². The van der Waals surface area contributed by atoms with Crippen molar-refractivity contribution < 1.29 is 8.10 Å². The van der Waals surface area contributed by atoms with Crippen molar-refractivity contribution in [3.63, 3.8) is 0 Å². The predicted molar refractivity (Wildman–Crippen MR) is 30.4 cm³/mol. The van der Waals surface area contributed by atoms with Crippen LogP contribution in [0.5, 0.6) is 0 Å². The van der Waals surface area contributed by atoms with E-state index in [4.69, 9.17) is 5.26 Å². The third kappa shape index (κ3) is 3.43. The summed E-state index contributed by atoms with van der Waals surface area (Å²) in [5.41, 5.74) is 0. The van der Waals surface area contributed by atoms with Gasteiger partial charge in [-0.05, 0) is 0 Å². The minimum absolute atomic E-state index is 1.10. The van der Waals surface area contributed by atoms with Crippen LogP contribution >= 0.6 is 0 Å². The Morgan fingerprint density at radius 3 is 1.86 bits per heavy atom. The van der Waals surface area contributed by atoms with Crippen molar-refractivity contribution in [3.05, 3.63) is 0 Å². The molecule has 0 radical (unpaired) electrons. The zero-order valence-electron chi connectivity index (χ0n) is 4.85. The van der Waals surface area contributed by atoms with Crippen LogP contribution in [0.2, 0.25) is 7.96 Å². The molecule has 0 aliphatic rings. The van der Waals surface area contributed by atoms with Gasteiger partial charge in [0.25, 0.3) is 0 Å². The number of hydrogen-bond donors (Lipinski definition) is 1. The van der Waals surface area contributed by atoms with Crippen LogP contribution in [0.15, 0.2) is 0 Å². The molecule has 42 valence electrons. The van der Waals surface area contributed by atoms with Gasteiger partial charge in [-0.1, -0.05) is 0 Å². The van der Waals surface area contributed by atoms with Crippen LogP contribution in [-0.4, -0.2) is 28.4 Å². The molecular weight excluding hydrogens is 284 g/mol. The van der Waals surface area contributed by atoms with Crippen molar-refractivity contribution in [2.45, 2.75) is 21.8 Å². The van der Waals surface area contributed by atoms with Crippen molar-refractivity contribution in [2.24, 2.45) is 0 Å². The molecule has 0 spiro atoms. The fraction of sp³-hybridized carbons (Fsp3) is 1.00. The molecule has 0 rings (SSSR count). The molecule has 0 fully saturated rings. The second-order valence-electron chi connectivity index (χ2n) is 1.54. The molecule has 2 nitrogen and oxygen atoms in total. The van der Waals surface area contributed by atoms with Crippen molar-refractivity contribution in [2.75, 3.05) is 0 Å². The van der Waals surface area contributed by atoms with Gasteiger partial charge in [-0.25, -0.2) is 0 Å². The zero-order valence-corrected chi connectivity index (χ0v) is 9.34. The van der Waals surface area contributed by atoms with Gasteiger partial charge in [0.15, 0.2) is 0 Å². The molecule has 0 heterocycles. The Bertz CT molecular complexity index is 31.2. The van der Waals surface area contributed by atoms with Crippen LogP contribution in [0.25, 0.3) is 0 Å². The third-order valence-electron chi connectivity index (χ3n) is 1.06. The monoisotopic (exact) mass is 296 g/mol. The summed E-state index contributed by atoms with van der Waals surface area (Å²) >= 11 is -1.81. The summed E-state index contributed by atoms with van der Waals surface area (Å²) in [6.07, 6.45) is 0. The van der Waals surface area contributed by atoms with Gasteiger partial charge in [0.05, 0.1) is 0 Å². The van der Waals surface area contributed by atoms with Crippen molar-refractivity contribution in [3.8, 4) is 0 Å². The summed E-state index contributed by atoms with van der Waals surface area (Å²) in [5.74, 6) is 0. The Hall–Kier alpha value is 0.842. The molecule has 7 heavy (non-hydrogen) atoms. The zero-order chi connectivity index (χ0) is 5.70. The molecule has 0 aliphatic carbocycles. The first-order chi connectivity index (χ1) is 3.35. The molecule has 0 saturated carbocycles. The van der Waals surface area contributed by atoms with Gasteiger partial charge in [0, 0.05) is 0 Å². The summed E-state index contributed by atoms with van der Waals surface area (Å²) in [6, 6.07) is 0. The number of rotatable bonds is 3. The minimum atomic E-state index is -1.81. The Morgan fingerprint density at radius 2 is 1.86 bits per heavy atom. The molecule has 0 saturated heterocycles. The van der Waals surface area contributed by atoms with E-state index >= 15 is 0 Å². The normalized spacial score (nSPS) is 9.00. The standard InChI is InChI=1S/2C2H5.H2O2.Tl/c3*1-2;/h2*1H2,2H3;1-2H;/q;;;+1/p-1. The Labute approximate surface area is 53.2 Å². The average Bonchev–Trinajstić information content (AvgIpc) is 1.72. The van der Waals surface area contributed by atoms with Gasteiger partial charge in [0.2, 0.25) is 0 Å². The van der Waals surface area contributed by atoms with Gasteiger partial charge in [-0.2, -0.15) is 0 Å². The Kier molecular flexibility index (Phi) is 5.59. The van der Waals surface area contributed by atoms with E-state index in [1.807, 2.05) is 0 Å². The predicted octanol–water partition coefficient (Wildman–Crippen LogP) is 1.51. The molecule has 0 bridgehead atoms. The number of hydrogen-bond acceptors (Lipinski definition) is 2. The van der Waals surface area contributed by atoms with Crippen LogP contribution in [0, 0.1) is 0 Å². The quantitative estimate of drug-likeness (QED) is 0.486. The molecule has 0 atom stereocenters. The first kappa shape index (κ1) is 7.84. The van der Waals surface area contributed by atoms with Gasteiger partial charge >= 0.3 is 53.1 Å². The maximum absolute atomic E-state index is 8.12. The maximum atomic E-state index is 8.12. The topological polar surface area (TPSA) is 29.5 Å². The summed E-state index contributed by atoms with van der Waals surface area (Å²) < 4.78 is 6.48. The van der Waals surface area contributed by atoms with E-state index in [-0.39, 0.29) is 0 Å². The summed E-state index contributed by atoms with van der Waals surface area (Å²) in [7, 11) is 0. The molecule has 0 aromatic carbocycles. The average molecular weight is 296 g/mol.